The molecule has 0 bridgehead atoms. The molecule has 2 rings (SSSR count). The van der Waals surface area contributed by atoms with Gasteiger partial charge in [-0.15, -0.1) is 0 Å². The quantitative estimate of drug-likeness (QED) is 0.422. The maximum absolute atomic E-state index is 2.60. The van der Waals surface area contributed by atoms with Crippen LogP contribution >= 0.6 is 19.8 Å². The maximum Gasteiger partial charge on any atom is 2.00 e. The van der Waals surface area contributed by atoms with Crippen LogP contribution in [-0.2, 0) is 17.1 Å². The molecule has 0 amide bonds. The van der Waals surface area contributed by atoms with Crippen LogP contribution in [0.2, 0.25) is 0 Å². The van der Waals surface area contributed by atoms with Crippen LogP contribution in [0.25, 0.3) is 0 Å². The number of hydrogen-bond acceptors (Lipinski definition) is 1. The molecule has 0 nitrogen and oxygen atoms in total. The third-order valence-electron chi connectivity index (χ3n) is 1.32. The van der Waals surface area contributed by atoms with Crippen molar-refractivity contribution < 1.29 is 17.1 Å². The van der Waals surface area contributed by atoms with Crippen LogP contribution < -0.4 is 0 Å². The van der Waals surface area contributed by atoms with Crippen molar-refractivity contribution in [3.63, 3.8) is 0 Å². The topological polar surface area (TPSA) is 0 Å². The fourth-order valence-electron chi connectivity index (χ4n) is 0.756. The van der Waals surface area contributed by atoms with Crippen LogP contribution in [-0.4, -0.2) is 0 Å². The Morgan fingerprint density at radius 1 is 1.00 bits per heavy atom. The van der Waals surface area contributed by atoms with Gasteiger partial charge >= 0.3 is 17.1 Å². The maximum atomic E-state index is 2.60. The van der Waals surface area contributed by atoms with Crippen LogP contribution in [0.3, 0.4) is 0 Å². The Kier molecular flexibility index (Phi) is 8.59. The first-order chi connectivity index (χ1) is 5.93. The van der Waals surface area contributed by atoms with E-state index in [1.54, 1.807) is 11.4 Å². The second kappa shape index (κ2) is 8.59. The molecule has 3 heteroatoms. The summed E-state index contributed by atoms with van der Waals surface area (Å²) in [5, 5.41) is 0. The van der Waals surface area contributed by atoms with E-state index in [0.717, 1.165) is 0 Å². The fourth-order valence-corrected chi connectivity index (χ4v) is 1.54. The Balaban J connectivity index is 0.000000215. The minimum absolute atomic E-state index is 0. The van der Waals surface area contributed by atoms with Gasteiger partial charge < -0.3 is 0 Å². The van der Waals surface area contributed by atoms with Gasteiger partial charge in [-0.3, -0.25) is 0 Å². The summed E-state index contributed by atoms with van der Waals surface area (Å²) in [6.07, 6.45) is 0. The zero-order chi connectivity index (χ0) is 8.65. The second-order valence-corrected chi connectivity index (χ2v) is 3.61. The molecule has 0 fully saturated rings. The third-order valence-corrected chi connectivity index (χ3v) is 2.68. The molecule has 70 valence electrons. The first-order valence-electron chi connectivity index (χ1n) is 3.68. The van der Waals surface area contributed by atoms with Gasteiger partial charge in [0.25, 0.3) is 0 Å². The van der Waals surface area contributed by atoms with E-state index in [9.17, 15) is 0 Å². The molecule has 0 saturated heterocycles. The molecule has 0 aliphatic carbocycles. The third kappa shape index (κ3) is 6.12. The summed E-state index contributed by atoms with van der Waals surface area (Å²) in [6, 6.07) is 18.2. The van der Waals surface area contributed by atoms with Gasteiger partial charge in [-0.05, 0) is 0 Å². The zero-order valence-electron chi connectivity index (χ0n) is 7.04. The molecule has 0 heterocycles. The van der Waals surface area contributed by atoms with Crippen LogP contribution in [0.4, 0.5) is 0 Å². The van der Waals surface area contributed by atoms with Crippen molar-refractivity contribution >= 4 is 19.8 Å². The second-order valence-electron chi connectivity index (χ2n) is 2.20. The van der Waals surface area contributed by atoms with Crippen LogP contribution in [0.1, 0.15) is 0 Å². The van der Waals surface area contributed by atoms with Crippen molar-refractivity contribution in [1.82, 2.24) is 0 Å². The minimum Gasteiger partial charge on any atom is -0.214 e. The summed E-state index contributed by atoms with van der Waals surface area (Å²) in [6.45, 7) is 0. The summed E-state index contributed by atoms with van der Waals surface area (Å²) in [5.74, 6) is 0. The Hall–Kier alpha value is -0.000519. The predicted octanol–water partition coefficient (Wildman–Crippen LogP) is 3.69. The van der Waals surface area contributed by atoms with Gasteiger partial charge in [0.2, 0.25) is 0 Å². The van der Waals surface area contributed by atoms with Crippen molar-refractivity contribution in [3.8, 4) is 0 Å². The molecule has 2 aromatic rings. The molecule has 0 saturated carbocycles. The van der Waals surface area contributed by atoms with Crippen molar-refractivity contribution in [2.24, 2.45) is 0 Å². The van der Waals surface area contributed by atoms with Crippen LogP contribution in [0, 0.1) is 0 Å². The summed E-state index contributed by atoms with van der Waals surface area (Å²) < 4.78 is 0. The van der Waals surface area contributed by atoms with Gasteiger partial charge in [0.05, 0.1) is 0 Å². The van der Waals surface area contributed by atoms with Gasteiger partial charge in [0, 0.05) is 0 Å². The Bertz CT molecular complexity index is 246. The van der Waals surface area contributed by atoms with Gasteiger partial charge in [0.15, 0.2) is 0 Å². The molecular formula is C10H11FePS. The molecule has 2 aromatic carbocycles. The number of rotatable bonds is 1. The molecule has 1 atom stereocenters. The van der Waals surface area contributed by atoms with E-state index < -0.39 is 0 Å². The van der Waals surface area contributed by atoms with Gasteiger partial charge in [-0.2, -0.15) is 41.7 Å². The smallest absolute Gasteiger partial charge is 0.214 e. The van der Waals surface area contributed by atoms with Gasteiger partial charge in [-0.1, -0.05) is 13.3 Å². The SMILES string of the molecule is PS[c-]1cccc1.[Fe+2].c1cc[cH-]c1. The molecule has 0 aliphatic heterocycles. The van der Waals surface area contributed by atoms with Crippen molar-refractivity contribution in [2.45, 2.75) is 4.90 Å². The van der Waals surface area contributed by atoms with Crippen molar-refractivity contribution in [2.75, 3.05) is 0 Å². The number of hydrogen-bond donors (Lipinski definition) is 0. The van der Waals surface area contributed by atoms with E-state index in [0.29, 0.717) is 0 Å². The average molecular weight is 250 g/mol. The molecule has 0 spiro atoms. The van der Waals surface area contributed by atoms with Crippen molar-refractivity contribution in [1.29, 1.82) is 0 Å². The average Bonchev–Trinajstić information content (AvgIpc) is 2.81. The molecular weight excluding hydrogens is 239 g/mol. The molecule has 1 unspecified atom stereocenters. The predicted molar refractivity (Wildman–Crippen MR) is 59.6 cm³/mol. The van der Waals surface area contributed by atoms with E-state index in [1.165, 1.54) is 4.90 Å². The molecule has 0 radical (unpaired) electrons. The first-order valence-corrected chi connectivity index (χ1v) is 5.98. The monoisotopic (exact) mass is 250 g/mol. The summed E-state index contributed by atoms with van der Waals surface area (Å²) in [5.41, 5.74) is 0. The Morgan fingerprint density at radius 3 is 1.77 bits per heavy atom. The van der Waals surface area contributed by atoms with Crippen LogP contribution in [0.5, 0.6) is 0 Å². The van der Waals surface area contributed by atoms with Crippen molar-refractivity contribution in [3.05, 3.63) is 54.6 Å². The molecule has 0 aromatic heterocycles. The Labute approximate surface area is 96.3 Å². The largest absolute Gasteiger partial charge is 2.00 e. The molecule has 0 N–H and O–H groups in total. The van der Waals surface area contributed by atoms with Gasteiger partial charge in [0.1, 0.15) is 0 Å². The summed E-state index contributed by atoms with van der Waals surface area (Å²) >= 11 is 1.69. The van der Waals surface area contributed by atoms with E-state index in [2.05, 4.69) is 20.6 Å². The normalized spacial score (nSPS) is 8.08. The Morgan fingerprint density at radius 2 is 1.54 bits per heavy atom. The van der Waals surface area contributed by atoms with E-state index in [4.69, 9.17) is 0 Å². The van der Waals surface area contributed by atoms with E-state index >= 15 is 0 Å². The first kappa shape index (κ1) is 13.0. The van der Waals surface area contributed by atoms with Gasteiger partial charge in [-0.25, -0.2) is 24.3 Å². The van der Waals surface area contributed by atoms with E-state index in [1.807, 2.05) is 42.5 Å². The molecule has 0 aliphatic rings. The summed E-state index contributed by atoms with van der Waals surface area (Å²) in [4.78, 5) is 1.31. The standard InChI is InChI=1S/C5H6PS.C5H5.Fe/c6-7-5-3-1-2-4-5;1-2-4-5-3-1;/h1-4H,6H2;1-5H;/q2*-1;+2. The minimum atomic E-state index is 0. The zero-order valence-corrected chi connectivity index (χ0v) is 10.1. The fraction of sp³-hybridized carbons (Fsp3) is 0. The summed E-state index contributed by atoms with van der Waals surface area (Å²) in [7, 11) is 2.60. The van der Waals surface area contributed by atoms with E-state index in [-0.39, 0.29) is 17.1 Å². The molecule has 13 heavy (non-hydrogen) atoms. The van der Waals surface area contributed by atoms with Crippen LogP contribution in [0.15, 0.2) is 59.5 Å².